The number of anilines is 1. The molecule has 2 atom stereocenters. The van der Waals surface area contributed by atoms with Gasteiger partial charge in [0.2, 0.25) is 11.8 Å². The Labute approximate surface area is 159 Å². The van der Waals surface area contributed by atoms with Crippen molar-refractivity contribution in [3.05, 3.63) is 65.8 Å². The van der Waals surface area contributed by atoms with Gasteiger partial charge in [0.05, 0.1) is 5.92 Å². The molecule has 1 aromatic heterocycles. The molecule has 0 spiro atoms. The predicted octanol–water partition coefficient (Wildman–Crippen LogP) is 3.61. The van der Waals surface area contributed by atoms with E-state index in [9.17, 15) is 14.0 Å². The molecule has 1 amide bonds. The first-order valence-electron chi connectivity index (χ1n) is 8.70. The Morgan fingerprint density at radius 3 is 2.82 bits per heavy atom. The number of amides is 1. The monoisotopic (exact) mass is 381 g/mol. The second kappa shape index (κ2) is 7.22. The van der Waals surface area contributed by atoms with E-state index >= 15 is 0 Å². The van der Waals surface area contributed by atoms with Crippen LogP contribution >= 0.6 is 0 Å². The fraction of sp³-hybridized carbons (Fsp3) is 0.200. The van der Waals surface area contributed by atoms with Crippen molar-refractivity contribution < 1.29 is 23.1 Å². The van der Waals surface area contributed by atoms with Crippen LogP contribution in [0.1, 0.15) is 36.8 Å². The van der Waals surface area contributed by atoms with Gasteiger partial charge in [-0.05, 0) is 36.8 Å². The van der Waals surface area contributed by atoms with Gasteiger partial charge in [-0.1, -0.05) is 24.3 Å². The lowest BCUT2D eigenvalue weighted by molar-refractivity contribution is -0.152. The van der Waals surface area contributed by atoms with Crippen molar-refractivity contribution in [3.8, 4) is 11.5 Å². The number of nitrogens with one attached hydrogen (secondary N) is 1. The van der Waals surface area contributed by atoms with Crippen LogP contribution in [0.25, 0.3) is 11.5 Å². The molecule has 7 nitrogen and oxygen atoms in total. The summed E-state index contributed by atoms with van der Waals surface area (Å²) in [7, 11) is 0. The molecule has 0 saturated carbocycles. The maximum Gasteiger partial charge on any atom is 0.314 e. The summed E-state index contributed by atoms with van der Waals surface area (Å²) in [6.45, 7) is 1.61. The number of nitrogens with zero attached hydrogens (tertiary/aromatic N) is 2. The number of esters is 1. The average Bonchev–Trinajstić information content (AvgIpc) is 3.18. The van der Waals surface area contributed by atoms with E-state index in [1.54, 1.807) is 6.92 Å². The molecule has 0 aliphatic carbocycles. The number of halogens is 1. The van der Waals surface area contributed by atoms with Crippen LogP contribution in [0, 0.1) is 5.82 Å². The molecule has 0 radical (unpaired) electrons. The Morgan fingerprint density at radius 2 is 2.04 bits per heavy atom. The SMILES string of the molecule is CC(OC(=O)C1CC(=O)Nc2cc(F)ccc21)c1nnc(-c2ccccc2)o1. The maximum absolute atomic E-state index is 13.4. The van der Waals surface area contributed by atoms with Crippen molar-refractivity contribution in [2.75, 3.05) is 5.32 Å². The minimum absolute atomic E-state index is 0.0801. The number of carbonyl (C=O) groups excluding carboxylic acids is 2. The third-order valence-corrected chi connectivity index (χ3v) is 4.44. The summed E-state index contributed by atoms with van der Waals surface area (Å²) in [4.78, 5) is 24.6. The average molecular weight is 381 g/mol. The maximum atomic E-state index is 13.4. The largest absolute Gasteiger partial charge is 0.452 e. The van der Waals surface area contributed by atoms with Gasteiger partial charge in [-0.15, -0.1) is 10.2 Å². The molecule has 1 aliphatic rings. The van der Waals surface area contributed by atoms with Gasteiger partial charge in [0, 0.05) is 17.7 Å². The Hall–Kier alpha value is -3.55. The van der Waals surface area contributed by atoms with Crippen LogP contribution in [0.3, 0.4) is 0 Å². The van der Waals surface area contributed by atoms with E-state index in [2.05, 4.69) is 15.5 Å². The zero-order valence-electron chi connectivity index (χ0n) is 14.9. The van der Waals surface area contributed by atoms with Gasteiger partial charge < -0.3 is 14.5 Å². The summed E-state index contributed by atoms with van der Waals surface area (Å²) in [6.07, 6.45) is -0.880. The third kappa shape index (κ3) is 3.48. The summed E-state index contributed by atoms with van der Waals surface area (Å²) in [5.41, 5.74) is 1.53. The zero-order valence-corrected chi connectivity index (χ0v) is 14.9. The van der Waals surface area contributed by atoms with Crippen LogP contribution < -0.4 is 5.32 Å². The highest BCUT2D eigenvalue weighted by molar-refractivity contribution is 6.00. The number of fused-ring (bicyclic) bond motifs is 1. The van der Waals surface area contributed by atoms with Crippen molar-refractivity contribution in [1.82, 2.24) is 10.2 Å². The van der Waals surface area contributed by atoms with Gasteiger partial charge in [0.15, 0.2) is 6.10 Å². The van der Waals surface area contributed by atoms with E-state index < -0.39 is 23.8 Å². The smallest absolute Gasteiger partial charge is 0.314 e. The normalized spacial score (nSPS) is 16.8. The lowest BCUT2D eigenvalue weighted by Gasteiger charge is -2.25. The topological polar surface area (TPSA) is 94.3 Å². The Morgan fingerprint density at radius 1 is 1.25 bits per heavy atom. The molecule has 0 fully saturated rings. The number of hydrogen-bond acceptors (Lipinski definition) is 6. The van der Waals surface area contributed by atoms with Gasteiger partial charge in [0.25, 0.3) is 5.89 Å². The predicted molar refractivity (Wildman–Crippen MR) is 96.6 cm³/mol. The molecule has 2 unspecified atom stereocenters. The summed E-state index contributed by atoms with van der Waals surface area (Å²) in [5, 5.41) is 10.5. The highest BCUT2D eigenvalue weighted by Gasteiger charge is 2.33. The second-order valence-electron chi connectivity index (χ2n) is 6.43. The number of benzene rings is 2. The molecule has 2 aromatic carbocycles. The van der Waals surface area contributed by atoms with E-state index in [1.807, 2.05) is 30.3 Å². The minimum Gasteiger partial charge on any atom is -0.452 e. The lowest BCUT2D eigenvalue weighted by Crippen LogP contribution is -2.29. The summed E-state index contributed by atoms with van der Waals surface area (Å²) in [5.74, 6) is -1.86. The molecule has 2 heterocycles. The second-order valence-corrected chi connectivity index (χ2v) is 6.43. The van der Waals surface area contributed by atoms with Crippen molar-refractivity contribution in [2.24, 2.45) is 0 Å². The van der Waals surface area contributed by atoms with Crippen LogP contribution in [-0.2, 0) is 14.3 Å². The van der Waals surface area contributed by atoms with E-state index in [0.717, 1.165) is 5.56 Å². The molecule has 0 bridgehead atoms. The molecule has 8 heteroatoms. The molecule has 142 valence electrons. The van der Waals surface area contributed by atoms with Gasteiger partial charge in [-0.25, -0.2) is 4.39 Å². The minimum atomic E-state index is -0.830. The standard InChI is InChI=1S/C20H16FN3O4/c1-11(18-23-24-19(28-18)12-5-3-2-4-6-12)27-20(26)15-10-17(25)22-16-9-13(21)7-8-14(15)16/h2-9,11,15H,10H2,1H3,(H,22,25). The molecular formula is C20H16FN3O4. The van der Waals surface area contributed by atoms with E-state index in [1.165, 1.54) is 18.2 Å². The molecule has 4 rings (SSSR count). The zero-order chi connectivity index (χ0) is 19.7. The van der Waals surface area contributed by atoms with Crippen LogP contribution in [0.4, 0.5) is 10.1 Å². The number of rotatable bonds is 4. The van der Waals surface area contributed by atoms with Crippen molar-refractivity contribution in [2.45, 2.75) is 25.4 Å². The first kappa shape index (κ1) is 17.8. The van der Waals surface area contributed by atoms with Gasteiger partial charge in [-0.3, -0.25) is 9.59 Å². The quantitative estimate of drug-likeness (QED) is 0.694. The first-order chi connectivity index (χ1) is 13.5. The molecule has 1 N–H and O–H groups in total. The first-order valence-corrected chi connectivity index (χ1v) is 8.70. The number of hydrogen-bond donors (Lipinski definition) is 1. The van der Waals surface area contributed by atoms with Gasteiger partial charge in [-0.2, -0.15) is 0 Å². The fourth-order valence-corrected chi connectivity index (χ4v) is 3.05. The summed E-state index contributed by atoms with van der Waals surface area (Å²) >= 11 is 0. The van der Waals surface area contributed by atoms with Crippen LogP contribution in [-0.4, -0.2) is 22.1 Å². The summed E-state index contributed by atoms with van der Waals surface area (Å²) < 4.78 is 24.5. The third-order valence-electron chi connectivity index (χ3n) is 4.44. The Balaban J connectivity index is 1.51. The van der Waals surface area contributed by atoms with Crippen molar-refractivity contribution >= 4 is 17.6 Å². The number of carbonyl (C=O) groups is 2. The van der Waals surface area contributed by atoms with E-state index in [4.69, 9.17) is 9.15 Å². The molecule has 28 heavy (non-hydrogen) atoms. The van der Waals surface area contributed by atoms with Gasteiger partial charge in [0.1, 0.15) is 5.82 Å². The molecule has 3 aromatic rings. The summed E-state index contributed by atoms with van der Waals surface area (Å²) in [6, 6.07) is 13.1. The molecule has 1 aliphatic heterocycles. The molecule has 0 saturated heterocycles. The van der Waals surface area contributed by atoms with Crippen molar-refractivity contribution in [3.63, 3.8) is 0 Å². The van der Waals surface area contributed by atoms with Crippen molar-refractivity contribution in [1.29, 1.82) is 0 Å². The fourth-order valence-electron chi connectivity index (χ4n) is 3.05. The van der Waals surface area contributed by atoms with Crippen LogP contribution in [0.2, 0.25) is 0 Å². The van der Waals surface area contributed by atoms with Crippen LogP contribution in [0.15, 0.2) is 52.9 Å². The highest BCUT2D eigenvalue weighted by atomic mass is 19.1. The number of ether oxygens (including phenoxy) is 1. The van der Waals surface area contributed by atoms with E-state index in [0.29, 0.717) is 11.5 Å². The Kier molecular flexibility index (Phi) is 4.60. The molecular weight excluding hydrogens is 365 g/mol. The number of aromatic nitrogens is 2. The van der Waals surface area contributed by atoms with E-state index in [-0.39, 0.29) is 23.9 Å². The lowest BCUT2D eigenvalue weighted by atomic mass is 9.90. The Bertz CT molecular complexity index is 1030. The highest BCUT2D eigenvalue weighted by Crippen LogP contribution is 2.35. The van der Waals surface area contributed by atoms with Crippen LogP contribution in [0.5, 0.6) is 0 Å². The van der Waals surface area contributed by atoms with Gasteiger partial charge >= 0.3 is 5.97 Å².